The van der Waals surface area contributed by atoms with E-state index in [0.29, 0.717) is 6.61 Å². The highest BCUT2D eigenvalue weighted by molar-refractivity contribution is 6.31. The molecule has 0 aliphatic carbocycles. The summed E-state index contributed by atoms with van der Waals surface area (Å²) in [6, 6.07) is 23.7. The summed E-state index contributed by atoms with van der Waals surface area (Å²) in [6.45, 7) is 2.50. The van der Waals surface area contributed by atoms with Crippen LogP contribution in [0.25, 0.3) is 0 Å². The number of hydrogen-bond acceptors (Lipinski definition) is 2. The molecule has 0 spiro atoms. The van der Waals surface area contributed by atoms with Crippen molar-refractivity contribution in [3.8, 4) is 5.75 Å². The zero-order valence-corrected chi connectivity index (χ0v) is 14.2. The lowest BCUT2D eigenvalue weighted by Gasteiger charge is -2.09. The fourth-order valence-electron chi connectivity index (χ4n) is 2.26. The monoisotopic (exact) mass is 335 g/mol. The van der Waals surface area contributed by atoms with Crippen LogP contribution in [0.1, 0.15) is 16.7 Å². The third-order valence-corrected chi connectivity index (χ3v) is 4.07. The minimum Gasteiger partial charge on any atom is -0.488 e. The van der Waals surface area contributed by atoms with Crippen LogP contribution in [0.3, 0.4) is 0 Å². The lowest BCUT2D eigenvalue weighted by atomic mass is 10.2. The summed E-state index contributed by atoms with van der Waals surface area (Å²) < 4.78 is 5.94. The molecule has 0 aliphatic rings. The predicted molar refractivity (Wildman–Crippen MR) is 101 cm³/mol. The van der Waals surface area contributed by atoms with Crippen LogP contribution < -0.4 is 4.74 Å². The molecule has 0 bridgehead atoms. The number of ether oxygens (including phenoxy) is 1. The first-order chi connectivity index (χ1) is 11.7. The van der Waals surface area contributed by atoms with E-state index >= 15 is 0 Å². The molecule has 0 aliphatic heterocycles. The van der Waals surface area contributed by atoms with Crippen molar-refractivity contribution in [1.29, 1.82) is 0 Å². The van der Waals surface area contributed by atoms with Crippen LogP contribution >= 0.6 is 11.6 Å². The molecular formula is C21H18ClNO. The van der Waals surface area contributed by atoms with Gasteiger partial charge in [0.15, 0.2) is 0 Å². The second-order valence-corrected chi connectivity index (χ2v) is 5.91. The van der Waals surface area contributed by atoms with E-state index in [4.69, 9.17) is 16.3 Å². The van der Waals surface area contributed by atoms with Gasteiger partial charge in [0.2, 0.25) is 0 Å². The van der Waals surface area contributed by atoms with Crippen molar-refractivity contribution in [3.05, 3.63) is 94.5 Å². The molecule has 0 heterocycles. The van der Waals surface area contributed by atoms with E-state index in [2.05, 4.69) is 4.99 Å². The van der Waals surface area contributed by atoms with Crippen LogP contribution in [0.5, 0.6) is 5.75 Å². The smallest absolute Gasteiger partial charge is 0.128 e. The number of halogens is 1. The van der Waals surface area contributed by atoms with Gasteiger partial charge in [-0.05, 0) is 42.3 Å². The Morgan fingerprint density at radius 1 is 0.958 bits per heavy atom. The lowest BCUT2D eigenvalue weighted by Crippen LogP contribution is -1.97. The molecule has 120 valence electrons. The number of aryl methyl sites for hydroxylation is 1. The van der Waals surface area contributed by atoms with Gasteiger partial charge in [-0.3, -0.25) is 4.99 Å². The molecule has 24 heavy (non-hydrogen) atoms. The fraction of sp³-hybridized carbons (Fsp3) is 0.0952. The van der Waals surface area contributed by atoms with Crippen molar-refractivity contribution in [2.45, 2.75) is 13.5 Å². The average molecular weight is 336 g/mol. The van der Waals surface area contributed by atoms with Gasteiger partial charge < -0.3 is 4.74 Å². The van der Waals surface area contributed by atoms with E-state index in [1.807, 2.05) is 79.7 Å². The second-order valence-electron chi connectivity index (χ2n) is 5.50. The Labute approximate surface area is 147 Å². The Morgan fingerprint density at radius 2 is 1.71 bits per heavy atom. The SMILES string of the molecule is Cc1ccc(N=Cc2ccccc2OCc2ccccc2)cc1Cl. The molecule has 3 aromatic rings. The van der Waals surface area contributed by atoms with Crippen LogP contribution in [0.4, 0.5) is 5.69 Å². The molecule has 0 fully saturated rings. The van der Waals surface area contributed by atoms with Crippen molar-refractivity contribution in [2.75, 3.05) is 0 Å². The number of rotatable bonds is 5. The molecule has 0 saturated carbocycles. The maximum absolute atomic E-state index is 6.15. The quantitative estimate of drug-likeness (QED) is 0.526. The number of hydrogen-bond donors (Lipinski definition) is 0. The second kappa shape index (κ2) is 7.80. The lowest BCUT2D eigenvalue weighted by molar-refractivity contribution is 0.306. The van der Waals surface area contributed by atoms with E-state index in [0.717, 1.165) is 33.1 Å². The summed E-state index contributed by atoms with van der Waals surface area (Å²) >= 11 is 6.15. The first-order valence-corrected chi connectivity index (χ1v) is 8.16. The molecule has 0 atom stereocenters. The molecule has 0 amide bonds. The number of aliphatic imine (C=N–C) groups is 1. The number of benzene rings is 3. The molecule has 0 radical (unpaired) electrons. The molecule has 2 nitrogen and oxygen atoms in total. The van der Waals surface area contributed by atoms with E-state index in [1.165, 1.54) is 0 Å². The zero-order valence-electron chi connectivity index (χ0n) is 13.4. The first kappa shape index (κ1) is 16.3. The van der Waals surface area contributed by atoms with Crippen molar-refractivity contribution in [1.82, 2.24) is 0 Å². The topological polar surface area (TPSA) is 21.6 Å². The largest absolute Gasteiger partial charge is 0.488 e. The fourth-order valence-corrected chi connectivity index (χ4v) is 2.43. The van der Waals surface area contributed by atoms with Gasteiger partial charge >= 0.3 is 0 Å². The maximum Gasteiger partial charge on any atom is 0.128 e. The molecule has 3 rings (SSSR count). The van der Waals surface area contributed by atoms with E-state index in [1.54, 1.807) is 6.21 Å². The molecule has 0 unspecified atom stereocenters. The van der Waals surface area contributed by atoms with Crippen LogP contribution in [-0.2, 0) is 6.61 Å². The maximum atomic E-state index is 6.15. The predicted octanol–water partition coefficient (Wildman–Crippen LogP) is 5.98. The minimum atomic E-state index is 0.530. The van der Waals surface area contributed by atoms with Crippen LogP contribution in [0, 0.1) is 6.92 Å². The Hall–Kier alpha value is -2.58. The Morgan fingerprint density at radius 3 is 2.50 bits per heavy atom. The summed E-state index contributed by atoms with van der Waals surface area (Å²) in [7, 11) is 0. The van der Waals surface area contributed by atoms with Crippen molar-refractivity contribution in [2.24, 2.45) is 4.99 Å². The molecule has 0 saturated heterocycles. The van der Waals surface area contributed by atoms with E-state index < -0.39 is 0 Å². The number of nitrogens with zero attached hydrogens (tertiary/aromatic N) is 1. The molecule has 0 aromatic heterocycles. The molecule has 0 N–H and O–H groups in total. The third kappa shape index (κ3) is 4.24. The van der Waals surface area contributed by atoms with Gasteiger partial charge in [-0.2, -0.15) is 0 Å². The normalized spacial score (nSPS) is 10.9. The summed E-state index contributed by atoms with van der Waals surface area (Å²) in [5.74, 6) is 0.809. The summed E-state index contributed by atoms with van der Waals surface area (Å²) in [6.07, 6.45) is 1.81. The molecule has 3 heteroatoms. The summed E-state index contributed by atoms with van der Waals surface area (Å²) in [5, 5.41) is 0.721. The van der Waals surface area contributed by atoms with Crippen LogP contribution in [0.2, 0.25) is 5.02 Å². The highest BCUT2D eigenvalue weighted by Crippen LogP contribution is 2.23. The first-order valence-electron chi connectivity index (χ1n) is 7.78. The van der Waals surface area contributed by atoms with Crippen LogP contribution in [0.15, 0.2) is 77.8 Å². The highest BCUT2D eigenvalue weighted by atomic mass is 35.5. The molecular weight excluding hydrogens is 318 g/mol. The summed E-state index contributed by atoms with van der Waals surface area (Å²) in [5.41, 5.74) is 3.94. The van der Waals surface area contributed by atoms with Gasteiger partial charge in [0.05, 0.1) is 5.69 Å². The highest BCUT2D eigenvalue weighted by Gasteiger charge is 2.02. The van der Waals surface area contributed by atoms with Crippen molar-refractivity contribution >= 4 is 23.5 Å². The van der Waals surface area contributed by atoms with Gasteiger partial charge in [-0.1, -0.05) is 60.1 Å². The van der Waals surface area contributed by atoms with Gasteiger partial charge in [-0.25, -0.2) is 0 Å². The third-order valence-electron chi connectivity index (χ3n) is 3.66. The minimum absolute atomic E-state index is 0.530. The van der Waals surface area contributed by atoms with E-state index in [9.17, 15) is 0 Å². The molecule has 3 aromatic carbocycles. The summed E-state index contributed by atoms with van der Waals surface area (Å²) in [4.78, 5) is 4.50. The standard InChI is InChI=1S/C21H18ClNO/c1-16-11-12-19(13-20(16)22)23-14-18-9-5-6-10-21(18)24-15-17-7-3-2-4-8-17/h2-14H,15H2,1H3. The number of para-hydroxylation sites is 1. The average Bonchev–Trinajstić information content (AvgIpc) is 2.62. The van der Waals surface area contributed by atoms with Gasteiger partial charge in [0.25, 0.3) is 0 Å². The van der Waals surface area contributed by atoms with Gasteiger partial charge in [0.1, 0.15) is 12.4 Å². The van der Waals surface area contributed by atoms with Gasteiger partial charge in [0, 0.05) is 16.8 Å². The van der Waals surface area contributed by atoms with E-state index in [-0.39, 0.29) is 0 Å². The Kier molecular flexibility index (Phi) is 5.29. The Bertz CT molecular complexity index is 843. The van der Waals surface area contributed by atoms with Crippen molar-refractivity contribution < 1.29 is 4.74 Å². The zero-order chi connectivity index (χ0) is 16.8. The Balaban J connectivity index is 1.76. The van der Waals surface area contributed by atoms with Gasteiger partial charge in [-0.15, -0.1) is 0 Å². The van der Waals surface area contributed by atoms with Crippen molar-refractivity contribution in [3.63, 3.8) is 0 Å². The van der Waals surface area contributed by atoms with Crippen LogP contribution in [-0.4, -0.2) is 6.21 Å².